The molecule has 0 saturated heterocycles. The minimum Gasteiger partial charge on any atom is -0.513 e. The summed E-state index contributed by atoms with van der Waals surface area (Å²) in [6, 6.07) is 29.5. The largest absolute Gasteiger partial charge is 2.00 e. The Morgan fingerprint density at radius 3 is 2.02 bits per heavy atom. The number of rotatable bonds is 5. The number of hydrogen-bond acceptors (Lipinski definition) is 3. The third kappa shape index (κ3) is 6.76. The van der Waals surface area contributed by atoms with Crippen LogP contribution in [0.5, 0.6) is 5.75 Å². The Kier molecular flexibility index (Phi) is 9.65. The van der Waals surface area contributed by atoms with E-state index >= 15 is 0 Å². The molecule has 0 bridgehead atoms. The van der Waals surface area contributed by atoms with Gasteiger partial charge in [-0.2, -0.15) is 0 Å². The molecule has 0 aliphatic rings. The van der Waals surface area contributed by atoms with E-state index < -0.39 is 5.66 Å². The van der Waals surface area contributed by atoms with Crippen LogP contribution < -0.4 is 4.57 Å². The zero-order chi connectivity index (χ0) is 37.4. The summed E-state index contributed by atoms with van der Waals surface area (Å²) in [6.07, 6.45) is 11.2. The number of hydrogen-bond donors (Lipinski definition) is 1. The van der Waals surface area contributed by atoms with E-state index in [-0.39, 0.29) is 43.1 Å². The number of aromatic nitrogens is 5. The van der Waals surface area contributed by atoms with Crippen molar-refractivity contribution in [2.75, 3.05) is 0 Å². The van der Waals surface area contributed by atoms with Crippen molar-refractivity contribution in [3.8, 4) is 33.8 Å². The van der Waals surface area contributed by atoms with Gasteiger partial charge in [0.2, 0.25) is 6.33 Å². The van der Waals surface area contributed by atoms with Crippen LogP contribution in [0.3, 0.4) is 0 Å². The number of imidazole rings is 1. The van der Waals surface area contributed by atoms with E-state index in [0.29, 0.717) is 5.69 Å². The molecule has 7 rings (SSSR count). The Hall–Kier alpha value is -4.54. The van der Waals surface area contributed by atoms with Crippen molar-refractivity contribution in [1.82, 2.24) is 19.1 Å². The zero-order valence-electron chi connectivity index (χ0n) is 32.7. The number of para-hydroxylation sites is 2. The Morgan fingerprint density at radius 2 is 1.32 bits per heavy atom. The first-order chi connectivity index (χ1) is 24.4. The minimum absolute atomic E-state index is 0. The van der Waals surface area contributed by atoms with Gasteiger partial charge in [0, 0.05) is 12.4 Å². The molecule has 7 heteroatoms. The fourth-order valence-corrected chi connectivity index (χ4v) is 7.27. The molecular weight excluding hydrogens is 834 g/mol. The summed E-state index contributed by atoms with van der Waals surface area (Å²) >= 11 is 0. The summed E-state index contributed by atoms with van der Waals surface area (Å²) in [6.45, 7) is 24.2. The standard InChI is InChI=1S/C46H50N5O.Pt/c1-43(2,3)31-26-35(45(7,8)9)42(52)40(27-31)49-29-51(38-20-15-14-19-37(38)49)46(10,11)50-28-33(41-39(50)21-16-23-48-41)36-25-30(22-24-47-36)32-17-12-13-18-34(32)44(4,5)6;/h12-27,52H,1-11H3;/q-1;+2. The summed E-state index contributed by atoms with van der Waals surface area (Å²) < 4.78 is 6.32. The first-order valence-electron chi connectivity index (χ1n) is 18.2. The van der Waals surface area contributed by atoms with Crippen LogP contribution in [0.25, 0.3) is 50.1 Å². The van der Waals surface area contributed by atoms with Gasteiger partial charge in [0.05, 0.1) is 16.7 Å². The van der Waals surface area contributed by atoms with Crippen LogP contribution in [0.15, 0.2) is 97.3 Å². The number of phenolic OH excluding ortho intramolecular Hbond substituents is 1. The number of pyridine rings is 2. The number of nitrogens with zero attached hydrogens (tertiary/aromatic N) is 5. The fraction of sp³-hybridized carbons (Fsp3) is 0.326. The van der Waals surface area contributed by atoms with Crippen molar-refractivity contribution < 1.29 is 30.7 Å². The molecule has 0 saturated carbocycles. The van der Waals surface area contributed by atoms with Crippen molar-refractivity contribution >= 4 is 22.1 Å². The molecule has 274 valence electrons. The average molecular weight is 884 g/mol. The molecule has 0 atom stereocenters. The Bertz CT molecular complexity index is 2470. The van der Waals surface area contributed by atoms with Gasteiger partial charge in [-0.1, -0.05) is 153 Å². The van der Waals surface area contributed by atoms with E-state index in [1.807, 2.05) is 29.1 Å². The molecule has 0 spiro atoms. The van der Waals surface area contributed by atoms with E-state index in [1.54, 1.807) is 0 Å². The van der Waals surface area contributed by atoms with Gasteiger partial charge in [-0.25, -0.2) is 0 Å². The summed E-state index contributed by atoms with van der Waals surface area (Å²) in [7, 11) is 0. The molecule has 6 nitrogen and oxygen atoms in total. The monoisotopic (exact) mass is 883 g/mol. The van der Waals surface area contributed by atoms with Crippen molar-refractivity contribution in [2.45, 2.75) is 98.1 Å². The minimum atomic E-state index is -0.703. The third-order valence-electron chi connectivity index (χ3n) is 10.2. The number of phenols is 1. The molecule has 0 aliphatic carbocycles. The van der Waals surface area contributed by atoms with E-state index in [0.717, 1.165) is 50.0 Å². The van der Waals surface area contributed by atoms with Gasteiger partial charge in [-0.05, 0) is 80.7 Å². The summed E-state index contributed by atoms with van der Waals surface area (Å²) in [4.78, 5) is 9.76. The summed E-state index contributed by atoms with van der Waals surface area (Å²) in [5, 5.41) is 11.9. The van der Waals surface area contributed by atoms with E-state index in [9.17, 15) is 5.11 Å². The second-order valence-corrected chi connectivity index (χ2v) is 17.6. The van der Waals surface area contributed by atoms with Gasteiger partial charge in [0.15, 0.2) is 0 Å². The van der Waals surface area contributed by atoms with E-state index in [1.165, 1.54) is 11.1 Å². The number of fused-ring (bicyclic) bond motifs is 2. The van der Waals surface area contributed by atoms with E-state index in [2.05, 4.69) is 171 Å². The number of benzene rings is 3. The topological polar surface area (TPSA) is 59.8 Å². The third-order valence-corrected chi connectivity index (χ3v) is 10.2. The molecule has 3 aromatic carbocycles. The molecule has 0 aliphatic heterocycles. The Labute approximate surface area is 328 Å². The fourth-order valence-electron chi connectivity index (χ4n) is 7.27. The van der Waals surface area contributed by atoms with Crippen molar-refractivity contribution in [3.63, 3.8) is 0 Å². The van der Waals surface area contributed by atoms with Gasteiger partial charge in [0.1, 0.15) is 11.4 Å². The SMILES string of the molecule is CC(C)(C)c1cc(-n2[c-][n+](C(C)(C)n3[c-]c(-c4cc(-c5ccccc5C(C)(C)C)ccn4)c4ncccc43)c3ccccc32)c(O)c(C(C)(C)C)c1.[Pt+2]. The maximum absolute atomic E-state index is 11.9. The second kappa shape index (κ2) is 13.4. The van der Waals surface area contributed by atoms with Crippen molar-refractivity contribution in [2.24, 2.45) is 0 Å². The zero-order valence-corrected chi connectivity index (χ0v) is 35.0. The van der Waals surface area contributed by atoms with Crippen LogP contribution in [0.4, 0.5) is 0 Å². The van der Waals surface area contributed by atoms with Crippen LogP contribution in [-0.4, -0.2) is 24.2 Å². The molecule has 4 aromatic heterocycles. The molecule has 0 radical (unpaired) electrons. The predicted molar refractivity (Wildman–Crippen MR) is 212 cm³/mol. The van der Waals surface area contributed by atoms with Crippen molar-refractivity contribution in [1.29, 1.82) is 0 Å². The summed E-state index contributed by atoms with van der Waals surface area (Å²) in [5.41, 5.74) is 10.6. The van der Waals surface area contributed by atoms with Crippen LogP contribution >= 0.6 is 0 Å². The van der Waals surface area contributed by atoms with Crippen LogP contribution in [-0.2, 0) is 43.0 Å². The molecule has 4 heterocycles. The average Bonchev–Trinajstić information content (AvgIpc) is 3.68. The van der Waals surface area contributed by atoms with Gasteiger partial charge < -0.3 is 24.2 Å². The summed E-state index contributed by atoms with van der Waals surface area (Å²) in [5.74, 6) is 0.269. The Balaban J connectivity index is 0.00000481. The molecule has 0 amide bonds. The molecular formula is C46H50N5OPt+. The predicted octanol–water partition coefficient (Wildman–Crippen LogP) is 10.4. The molecule has 1 N–H and O–H groups in total. The Morgan fingerprint density at radius 1 is 0.660 bits per heavy atom. The molecule has 53 heavy (non-hydrogen) atoms. The first-order valence-corrected chi connectivity index (χ1v) is 18.2. The molecule has 0 unspecified atom stereocenters. The quantitative estimate of drug-likeness (QED) is 0.138. The number of aromatic hydroxyl groups is 1. The molecule has 7 aromatic rings. The van der Waals surface area contributed by atoms with Crippen LogP contribution in [0.2, 0.25) is 0 Å². The smallest absolute Gasteiger partial charge is 0.513 e. The van der Waals surface area contributed by atoms with Crippen molar-refractivity contribution in [3.05, 3.63) is 127 Å². The van der Waals surface area contributed by atoms with Gasteiger partial charge in [0.25, 0.3) is 0 Å². The van der Waals surface area contributed by atoms with Gasteiger partial charge in [-0.3, -0.25) is 4.57 Å². The van der Waals surface area contributed by atoms with Crippen LogP contribution in [0.1, 0.15) is 92.9 Å². The maximum Gasteiger partial charge on any atom is 2.00 e. The second-order valence-electron chi connectivity index (χ2n) is 17.6. The van der Waals surface area contributed by atoms with Crippen LogP contribution in [0, 0.1) is 12.5 Å². The van der Waals surface area contributed by atoms with Gasteiger partial charge in [-0.15, -0.1) is 0 Å². The maximum atomic E-state index is 11.9. The molecule has 0 fully saturated rings. The normalized spacial score (nSPS) is 12.7. The first kappa shape index (κ1) is 38.2. The van der Waals surface area contributed by atoms with Gasteiger partial charge >= 0.3 is 21.1 Å². The van der Waals surface area contributed by atoms with E-state index in [4.69, 9.17) is 9.97 Å².